The quantitative estimate of drug-likeness (QED) is 0.843. The van der Waals surface area contributed by atoms with E-state index in [1.165, 1.54) is 12.4 Å². The molecule has 1 heterocycles. The summed E-state index contributed by atoms with van der Waals surface area (Å²) in [4.78, 5) is 19.7. The molecule has 0 aliphatic heterocycles. The third-order valence-corrected chi connectivity index (χ3v) is 3.06. The van der Waals surface area contributed by atoms with E-state index in [2.05, 4.69) is 15.3 Å². The van der Waals surface area contributed by atoms with E-state index in [1.54, 1.807) is 6.07 Å². The molecule has 0 bridgehead atoms. The third-order valence-electron chi connectivity index (χ3n) is 3.06. The number of carbonyl (C=O) groups excluding carboxylic acids is 1. The molecule has 0 saturated heterocycles. The number of rotatable bonds is 7. The SMILES string of the molecule is CCCC(=O)Nc1cnc(Oc2ccc(C)c(OCC)c2)nc1. The smallest absolute Gasteiger partial charge is 0.322 e. The normalized spacial score (nSPS) is 10.2. The second-order valence-corrected chi connectivity index (χ2v) is 5.01. The molecular weight excluding hydrogens is 294 g/mol. The number of nitrogens with one attached hydrogen (secondary N) is 1. The number of amides is 1. The second kappa shape index (κ2) is 8.12. The van der Waals surface area contributed by atoms with Crippen molar-refractivity contribution in [3.8, 4) is 17.5 Å². The minimum atomic E-state index is -0.0512. The molecule has 2 aromatic rings. The van der Waals surface area contributed by atoms with E-state index in [4.69, 9.17) is 9.47 Å². The van der Waals surface area contributed by atoms with Crippen molar-refractivity contribution in [1.29, 1.82) is 0 Å². The van der Waals surface area contributed by atoms with Crippen LogP contribution in [-0.4, -0.2) is 22.5 Å². The van der Waals surface area contributed by atoms with Gasteiger partial charge in [0.25, 0.3) is 0 Å². The van der Waals surface area contributed by atoms with Crippen molar-refractivity contribution in [1.82, 2.24) is 9.97 Å². The van der Waals surface area contributed by atoms with E-state index < -0.39 is 0 Å². The van der Waals surface area contributed by atoms with Gasteiger partial charge in [-0.2, -0.15) is 0 Å². The van der Waals surface area contributed by atoms with E-state index in [0.717, 1.165) is 17.7 Å². The highest BCUT2D eigenvalue weighted by Gasteiger charge is 2.06. The Morgan fingerprint density at radius 3 is 2.61 bits per heavy atom. The summed E-state index contributed by atoms with van der Waals surface area (Å²) in [6, 6.07) is 5.77. The Morgan fingerprint density at radius 2 is 1.96 bits per heavy atom. The lowest BCUT2D eigenvalue weighted by Gasteiger charge is -2.10. The Balaban J connectivity index is 2.03. The van der Waals surface area contributed by atoms with Crippen molar-refractivity contribution in [2.24, 2.45) is 0 Å². The molecule has 1 amide bonds. The van der Waals surface area contributed by atoms with Crippen molar-refractivity contribution < 1.29 is 14.3 Å². The summed E-state index contributed by atoms with van der Waals surface area (Å²) in [7, 11) is 0. The zero-order chi connectivity index (χ0) is 16.7. The summed E-state index contributed by atoms with van der Waals surface area (Å²) in [6.07, 6.45) is 4.31. The van der Waals surface area contributed by atoms with Crippen LogP contribution in [0.4, 0.5) is 5.69 Å². The van der Waals surface area contributed by atoms with Crippen LogP contribution in [0.15, 0.2) is 30.6 Å². The van der Waals surface area contributed by atoms with E-state index in [9.17, 15) is 4.79 Å². The average molecular weight is 315 g/mol. The van der Waals surface area contributed by atoms with Crippen LogP contribution in [0.5, 0.6) is 17.5 Å². The molecule has 1 aromatic heterocycles. The van der Waals surface area contributed by atoms with Crippen LogP contribution in [0, 0.1) is 6.92 Å². The molecule has 0 saturated carbocycles. The fourth-order valence-electron chi connectivity index (χ4n) is 1.94. The summed E-state index contributed by atoms with van der Waals surface area (Å²) in [6.45, 7) is 6.44. The number of anilines is 1. The van der Waals surface area contributed by atoms with Crippen LogP contribution in [0.3, 0.4) is 0 Å². The molecule has 0 aliphatic carbocycles. The molecule has 2 rings (SSSR count). The molecule has 0 unspecified atom stereocenters. The van der Waals surface area contributed by atoms with Crippen molar-refractivity contribution in [3.63, 3.8) is 0 Å². The fourth-order valence-corrected chi connectivity index (χ4v) is 1.94. The largest absolute Gasteiger partial charge is 0.493 e. The molecule has 0 aliphatic rings. The van der Waals surface area contributed by atoms with Gasteiger partial charge in [0, 0.05) is 12.5 Å². The van der Waals surface area contributed by atoms with Gasteiger partial charge in [0.2, 0.25) is 5.91 Å². The van der Waals surface area contributed by atoms with Gasteiger partial charge >= 0.3 is 6.01 Å². The lowest BCUT2D eigenvalue weighted by atomic mass is 10.2. The van der Waals surface area contributed by atoms with Gasteiger partial charge < -0.3 is 14.8 Å². The minimum absolute atomic E-state index is 0.0512. The first kappa shape index (κ1) is 16.7. The van der Waals surface area contributed by atoms with Crippen LogP contribution in [0.2, 0.25) is 0 Å². The first-order valence-corrected chi connectivity index (χ1v) is 7.65. The summed E-state index contributed by atoms with van der Waals surface area (Å²) in [5.41, 5.74) is 1.59. The van der Waals surface area contributed by atoms with Gasteiger partial charge in [0.1, 0.15) is 11.5 Å². The van der Waals surface area contributed by atoms with Gasteiger partial charge in [-0.1, -0.05) is 13.0 Å². The van der Waals surface area contributed by atoms with Gasteiger partial charge in [-0.15, -0.1) is 0 Å². The first-order valence-electron chi connectivity index (χ1n) is 7.65. The highest BCUT2D eigenvalue weighted by Crippen LogP contribution is 2.26. The molecule has 1 N–H and O–H groups in total. The number of nitrogens with zero attached hydrogens (tertiary/aromatic N) is 2. The second-order valence-electron chi connectivity index (χ2n) is 5.01. The standard InChI is InChI=1S/C17H21N3O3/c1-4-6-16(21)20-13-10-18-17(19-11-13)23-14-8-7-12(3)15(9-14)22-5-2/h7-11H,4-6H2,1-3H3,(H,20,21). The zero-order valence-electron chi connectivity index (χ0n) is 13.6. The van der Waals surface area contributed by atoms with Crippen LogP contribution in [-0.2, 0) is 4.79 Å². The molecular formula is C17H21N3O3. The Bertz CT molecular complexity index is 657. The molecule has 6 nitrogen and oxygen atoms in total. The summed E-state index contributed by atoms with van der Waals surface area (Å²) >= 11 is 0. The monoisotopic (exact) mass is 315 g/mol. The van der Waals surface area contributed by atoms with Gasteiger partial charge in [0.15, 0.2) is 0 Å². The highest BCUT2D eigenvalue weighted by atomic mass is 16.5. The maximum Gasteiger partial charge on any atom is 0.322 e. The zero-order valence-corrected chi connectivity index (χ0v) is 13.6. The third kappa shape index (κ3) is 4.95. The van der Waals surface area contributed by atoms with E-state index in [1.807, 2.05) is 32.9 Å². The van der Waals surface area contributed by atoms with Gasteiger partial charge in [-0.3, -0.25) is 4.79 Å². The Labute approximate surface area is 135 Å². The van der Waals surface area contributed by atoms with Crippen molar-refractivity contribution >= 4 is 11.6 Å². The van der Waals surface area contributed by atoms with Crippen LogP contribution in [0.25, 0.3) is 0 Å². The molecule has 0 spiro atoms. The molecule has 1 aromatic carbocycles. The lowest BCUT2D eigenvalue weighted by molar-refractivity contribution is -0.116. The molecule has 6 heteroatoms. The predicted molar refractivity (Wildman–Crippen MR) is 88.0 cm³/mol. The fraction of sp³-hybridized carbons (Fsp3) is 0.353. The van der Waals surface area contributed by atoms with Gasteiger partial charge in [0.05, 0.1) is 24.7 Å². The molecule has 122 valence electrons. The number of aromatic nitrogens is 2. The Kier molecular flexibility index (Phi) is 5.91. The van der Waals surface area contributed by atoms with Crippen molar-refractivity contribution in [2.75, 3.05) is 11.9 Å². The minimum Gasteiger partial charge on any atom is -0.493 e. The Hall–Kier alpha value is -2.63. The number of aryl methyl sites for hydroxylation is 1. The lowest BCUT2D eigenvalue weighted by Crippen LogP contribution is -2.11. The van der Waals surface area contributed by atoms with Crippen LogP contribution >= 0.6 is 0 Å². The molecule has 23 heavy (non-hydrogen) atoms. The number of hydrogen-bond donors (Lipinski definition) is 1. The molecule has 0 atom stereocenters. The maximum absolute atomic E-state index is 11.5. The number of carbonyl (C=O) groups is 1. The predicted octanol–water partition coefficient (Wildman–Crippen LogP) is 3.71. The summed E-state index contributed by atoms with van der Waals surface area (Å²) < 4.78 is 11.1. The summed E-state index contributed by atoms with van der Waals surface area (Å²) in [5.74, 6) is 1.32. The average Bonchev–Trinajstić information content (AvgIpc) is 2.53. The maximum atomic E-state index is 11.5. The van der Waals surface area contributed by atoms with Crippen LogP contribution in [0.1, 0.15) is 32.3 Å². The van der Waals surface area contributed by atoms with Gasteiger partial charge in [-0.25, -0.2) is 9.97 Å². The van der Waals surface area contributed by atoms with Crippen LogP contribution < -0.4 is 14.8 Å². The molecule has 0 fully saturated rings. The van der Waals surface area contributed by atoms with E-state index >= 15 is 0 Å². The van der Waals surface area contributed by atoms with Crippen molar-refractivity contribution in [2.45, 2.75) is 33.6 Å². The highest BCUT2D eigenvalue weighted by molar-refractivity contribution is 5.90. The summed E-state index contributed by atoms with van der Waals surface area (Å²) in [5, 5.41) is 2.73. The topological polar surface area (TPSA) is 73.3 Å². The Morgan fingerprint density at radius 1 is 1.22 bits per heavy atom. The van der Waals surface area contributed by atoms with Gasteiger partial charge in [-0.05, 0) is 31.9 Å². The number of benzene rings is 1. The molecule has 0 radical (unpaired) electrons. The van der Waals surface area contributed by atoms with Crippen molar-refractivity contribution in [3.05, 3.63) is 36.2 Å². The first-order chi connectivity index (χ1) is 11.1. The van der Waals surface area contributed by atoms with E-state index in [0.29, 0.717) is 24.5 Å². The number of hydrogen-bond acceptors (Lipinski definition) is 5. The van der Waals surface area contributed by atoms with E-state index in [-0.39, 0.29) is 11.9 Å². The number of ether oxygens (including phenoxy) is 2.